The number of amides is 1. The molecule has 1 aromatic rings. The van der Waals surface area contributed by atoms with E-state index in [1.807, 2.05) is 12.2 Å². The van der Waals surface area contributed by atoms with Crippen molar-refractivity contribution in [1.29, 1.82) is 0 Å². The van der Waals surface area contributed by atoms with Gasteiger partial charge >= 0.3 is 5.97 Å². The summed E-state index contributed by atoms with van der Waals surface area (Å²) in [4.78, 5) is 24.4. The second-order valence-electron chi connectivity index (χ2n) is 4.87. The second kappa shape index (κ2) is 4.19. The Morgan fingerprint density at radius 1 is 1.42 bits per heavy atom. The van der Waals surface area contributed by atoms with Crippen LogP contribution < -0.4 is 0 Å². The van der Waals surface area contributed by atoms with E-state index in [0.717, 1.165) is 12.5 Å². The minimum atomic E-state index is -1.10. The maximum Gasteiger partial charge on any atom is 0.335 e. The lowest BCUT2D eigenvalue weighted by atomic mass is 10.1. The van der Waals surface area contributed by atoms with Gasteiger partial charge in [-0.25, -0.2) is 9.18 Å². The van der Waals surface area contributed by atoms with Crippen LogP contribution in [0.2, 0.25) is 0 Å². The van der Waals surface area contributed by atoms with Gasteiger partial charge in [-0.2, -0.15) is 0 Å². The molecular formula is C14H12FNO3. The van der Waals surface area contributed by atoms with Crippen molar-refractivity contribution in [2.45, 2.75) is 19.0 Å². The molecule has 1 fully saturated rings. The fourth-order valence-corrected chi connectivity index (χ4v) is 2.68. The summed E-state index contributed by atoms with van der Waals surface area (Å²) < 4.78 is 13.7. The molecule has 4 nitrogen and oxygen atoms in total. The van der Waals surface area contributed by atoms with E-state index in [2.05, 4.69) is 0 Å². The van der Waals surface area contributed by atoms with Crippen LogP contribution in [0, 0.1) is 11.7 Å². The van der Waals surface area contributed by atoms with E-state index in [4.69, 9.17) is 5.11 Å². The van der Waals surface area contributed by atoms with Crippen LogP contribution in [0.15, 0.2) is 30.4 Å². The molecule has 1 heterocycles. The highest BCUT2D eigenvalue weighted by molar-refractivity contribution is 5.88. The number of hydrogen-bond acceptors (Lipinski definition) is 2. The number of carbonyl (C=O) groups excluding carboxylic acids is 1. The summed E-state index contributed by atoms with van der Waals surface area (Å²) in [6.45, 7) is 0.122. The lowest BCUT2D eigenvalue weighted by molar-refractivity contribution is -0.131. The average Bonchev–Trinajstić information content (AvgIpc) is 2.95. The molecule has 1 aliphatic carbocycles. The van der Waals surface area contributed by atoms with Crippen LogP contribution in [-0.2, 0) is 11.3 Å². The molecule has 2 unspecified atom stereocenters. The lowest BCUT2D eigenvalue weighted by Crippen LogP contribution is -2.34. The summed E-state index contributed by atoms with van der Waals surface area (Å²) in [6, 6.07) is 3.66. The Labute approximate surface area is 109 Å². The minimum Gasteiger partial charge on any atom is -0.478 e. The molecule has 0 saturated carbocycles. The van der Waals surface area contributed by atoms with Crippen molar-refractivity contribution < 1.29 is 19.1 Å². The van der Waals surface area contributed by atoms with E-state index >= 15 is 0 Å². The number of hydrogen-bond donors (Lipinski definition) is 1. The van der Waals surface area contributed by atoms with Crippen LogP contribution >= 0.6 is 0 Å². The third kappa shape index (κ3) is 1.91. The number of carbonyl (C=O) groups is 2. The number of carboxylic acids is 1. The molecule has 2 bridgehead atoms. The Morgan fingerprint density at radius 3 is 2.84 bits per heavy atom. The first-order chi connectivity index (χ1) is 9.06. The third-order valence-corrected chi connectivity index (χ3v) is 3.69. The highest BCUT2D eigenvalue weighted by Gasteiger charge is 2.40. The quantitative estimate of drug-likeness (QED) is 0.844. The van der Waals surface area contributed by atoms with Gasteiger partial charge in [0.25, 0.3) is 0 Å². The van der Waals surface area contributed by atoms with Gasteiger partial charge < -0.3 is 10.0 Å². The summed E-state index contributed by atoms with van der Waals surface area (Å²) in [5.74, 6) is -1.68. The first-order valence-corrected chi connectivity index (χ1v) is 6.07. The maximum absolute atomic E-state index is 13.7. The molecule has 1 aliphatic heterocycles. The predicted molar refractivity (Wildman–Crippen MR) is 64.9 cm³/mol. The van der Waals surface area contributed by atoms with Gasteiger partial charge in [-0.15, -0.1) is 0 Å². The van der Waals surface area contributed by atoms with E-state index in [9.17, 15) is 14.0 Å². The number of halogens is 1. The first kappa shape index (κ1) is 11.9. The van der Waals surface area contributed by atoms with Crippen LogP contribution in [0.4, 0.5) is 4.39 Å². The summed E-state index contributed by atoms with van der Waals surface area (Å²) in [5.41, 5.74) is 0.276. The largest absolute Gasteiger partial charge is 0.478 e. The van der Waals surface area contributed by atoms with Crippen molar-refractivity contribution in [2.24, 2.45) is 5.92 Å². The topological polar surface area (TPSA) is 57.6 Å². The number of fused-ring (bicyclic) bond motifs is 2. The van der Waals surface area contributed by atoms with E-state index in [1.54, 1.807) is 4.90 Å². The smallest absolute Gasteiger partial charge is 0.335 e. The molecule has 1 aromatic carbocycles. The SMILES string of the molecule is O=C(O)c1ccc(F)c(CN2C(=O)C3C=CC2C3)c1. The molecule has 98 valence electrons. The molecule has 1 N–H and O–H groups in total. The Bertz CT molecular complexity index is 596. The molecule has 2 atom stereocenters. The number of nitrogens with zero attached hydrogens (tertiary/aromatic N) is 1. The standard InChI is InChI=1S/C14H12FNO3/c15-12-4-2-9(14(18)19)5-10(12)7-16-11-3-1-8(6-11)13(16)17/h1-5,8,11H,6-7H2,(H,18,19). The van der Waals surface area contributed by atoms with Crippen LogP contribution in [0.3, 0.4) is 0 Å². The van der Waals surface area contributed by atoms with Gasteiger partial charge in [0, 0.05) is 12.1 Å². The second-order valence-corrected chi connectivity index (χ2v) is 4.87. The van der Waals surface area contributed by atoms with E-state index < -0.39 is 11.8 Å². The lowest BCUT2D eigenvalue weighted by Gasteiger charge is -2.24. The molecular weight excluding hydrogens is 249 g/mol. The molecule has 1 amide bonds. The van der Waals surface area contributed by atoms with E-state index in [0.29, 0.717) is 0 Å². The van der Waals surface area contributed by atoms with Gasteiger partial charge in [-0.1, -0.05) is 12.2 Å². The molecule has 0 radical (unpaired) electrons. The zero-order chi connectivity index (χ0) is 13.6. The fraction of sp³-hybridized carbons (Fsp3) is 0.286. The van der Waals surface area contributed by atoms with Crippen molar-refractivity contribution in [2.75, 3.05) is 0 Å². The molecule has 3 rings (SSSR count). The van der Waals surface area contributed by atoms with Crippen LogP contribution in [0.1, 0.15) is 22.3 Å². The summed E-state index contributed by atoms with van der Waals surface area (Å²) >= 11 is 0. The molecule has 0 spiro atoms. The molecule has 1 saturated heterocycles. The van der Waals surface area contributed by atoms with Crippen LogP contribution in [-0.4, -0.2) is 27.9 Å². The highest BCUT2D eigenvalue weighted by Crippen LogP contribution is 2.34. The number of carboxylic acid groups (broad SMARTS) is 1. The van der Waals surface area contributed by atoms with Crippen molar-refractivity contribution >= 4 is 11.9 Å². The van der Waals surface area contributed by atoms with Crippen molar-refractivity contribution in [3.05, 3.63) is 47.3 Å². The number of benzene rings is 1. The van der Waals surface area contributed by atoms with Gasteiger partial charge in [0.2, 0.25) is 5.91 Å². The summed E-state index contributed by atoms with van der Waals surface area (Å²) in [6.07, 6.45) is 4.58. The summed E-state index contributed by atoms with van der Waals surface area (Å²) in [5, 5.41) is 8.90. The van der Waals surface area contributed by atoms with Crippen molar-refractivity contribution in [3.8, 4) is 0 Å². The van der Waals surface area contributed by atoms with Crippen molar-refractivity contribution in [3.63, 3.8) is 0 Å². The molecule has 19 heavy (non-hydrogen) atoms. The Hall–Kier alpha value is -2.17. The Morgan fingerprint density at radius 2 is 2.21 bits per heavy atom. The van der Waals surface area contributed by atoms with Crippen molar-refractivity contribution in [1.82, 2.24) is 4.90 Å². The number of rotatable bonds is 3. The summed E-state index contributed by atoms with van der Waals surface area (Å²) in [7, 11) is 0. The monoisotopic (exact) mass is 261 g/mol. The predicted octanol–water partition coefficient (Wildman–Crippen LogP) is 1.81. The Kier molecular flexibility index (Phi) is 2.62. The number of likely N-dealkylation sites (tertiary alicyclic amines) is 1. The highest BCUT2D eigenvalue weighted by atomic mass is 19.1. The zero-order valence-electron chi connectivity index (χ0n) is 10.0. The van der Waals surface area contributed by atoms with Gasteiger partial charge in [-0.05, 0) is 24.6 Å². The molecule has 2 aliphatic rings. The van der Waals surface area contributed by atoms with Crippen LogP contribution in [0.5, 0.6) is 0 Å². The van der Waals surface area contributed by atoms with Crippen LogP contribution in [0.25, 0.3) is 0 Å². The molecule has 5 heteroatoms. The Balaban J connectivity index is 1.87. The van der Waals surface area contributed by atoms with Gasteiger partial charge in [-0.3, -0.25) is 4.79 Å². The zero-order valence-corrected chi connectivity index (χ0v) is 10.0. The fourth-order valence-electron chi connectivity index (χ4n) is 2.68. The van der Waals surface area contributed by atoms with Gasteiger partial charge in [0.05, 0.1) is 17.5 Å². The van der Waals surface area contributed by atoms with E-state index in [-0.39, 0.29) is 35.5 Å². The normalized spacial score (nSPS) is 24.3. The molecule has 0 aromatic heterocycles. The maximum atomic E-state index is 13.7. The first-order valence-electron chi connectivity index (χ1n) is 6.07. The van der Waals surface area contributed by atoms with Gasteiger partial charge in [0.15, 0.2) is 0 Å². The number of aromatic carboxylic acids is 1. The van der Waals surface area contributed by atoms with Gasteiger partial charge in [0.1, 0.15) is 5.82 Å². The van der Waals surface area contributed by atoms with E-state index in [1.165, 1.54) is 12.1 Å². The minimum absolute atomic E-state index is 0.00683. The average molecular weight is 261 g/mol. The third-order valence-electron chi connectivity index (χ3n) is 3.69.